The van der Waals surface area contributed by atoms with Gasteiger partial charge in [-0.15, -0.1) is 11.3 Å². The lowest BCUT2D eigenvalue weighted by atomic mass is 9.89. The number of aromatic nitrogens is 2. The van der Waals surface area contributed by atoms with Crippen LogP contribution in [-0.4, -0.2) is 46.2 Å². The molecule has 7 nitrogen and oxygen atoms in total. The number of rotatable bonds is 6. The highest BCUT2D eigenvalue weighted by Crippen LogP contribution is 2.36. The Morgan fingerprint density at radius 1 is 1.17 bits per heavy atom. The summed E-state index contributed by atoms with van der Waals surface area (Å²) in [6.07, 6.45) is 5.24. The van der Waals surface area contributed by atoms with E-state index in [1.54, 1.807) is 22.8 Å². The molecule has 0 radical (unpaired) electrons. The van der Waals surface area contributed by atoms with E-state index in [0.29, 0.717) is 17.8 Å². The lowest BCUT2D eigenvalue weighted by molar-refractivity contribution is -0.143. The lowest BCUT2D eigenvalue weighted by Gasteiger charge is -2.18. The number of esters is 1. The zero-order valence-electron chi connectivity index (χ0n) is 17.2. The van der Waals surface area contributed by atoms with Crippen LogP contribution in [0.5, 0.6) is 0 Å². The van der Waals surface area contributed by atoms with Crippen LogP contribution < -0.4 is 11.2 Å². The van der Waals surface area contributed by atoms with Gasteiger partial charge in [-0.1, -0.05) is 6.92 Å². The fraction of sp³-hybridized carbons (Fsp3) is 0.667. The molecule has 2 aliphatic rings. The normalized spacial score (nSPS) is 19.6. The van der Waals surface area contributed by atoms with Gasteiger partial charge in [0.05, 0.1) is 12.0 Å². The zero-order valence-corrected chi connectivity index (χ0v) is 18.1. The molecular weight excluding hydrogens is 390 g/mol. The van der Waals surface area contributed by atoms with Crippen LogP contribution in [0.25, 0.3) is 10.2 Å². The van der Waals surface area contributed by atoms with Crippen LogP contribution in [0.4, 0.5) is 0 Å². The van der Waals surface area contributed by atoms with Crippen molar-refractivity contribution >= 4 is 27.5 Å². The molecule has 8 heteroatoms. The molecule has 158 valence electrons. The molecule has 29 heavy (non-hydrogen) atoms. The summed E-state index contributed by atoms with van der Waals surface area (Å²) >= 11 is 1.59. The maximum absolute atomic E-state index is 13.3. The van der Waals surface area contributed by atoms with E-state index in [2.05, 4.69) is 11.8 Å². The van der Waals surface area contributed by atoms with E-state index in [1.165, 1.54) is 17.7 Å². The van der Waals surface area contributed by atoms with Crippen molar-refractivity contribution < 1.29 is 9.53 Å². The quantitative estimate of drug-likeness (QED) is 0.670. The summed E-state index contributed by atoms with van der Waals surface area (Å²) in [5.74, 6) is 0.0388. The Morgan fingerprint density at radius 3 is 2.66 bits per heavy atom. The van der Waals surface area contributed by atoms with Crippen LogP contribution >= 0.6 is 11.3 Å². The second-order valence-corrected chi connectivity index (χ2v) is 9.29. The fourth-order valence-corrected chi connectivity index (χ4v) is 6.04. The van der Waals surface area contributed by atoms with E-state index in [-0.39, 0.29) is 18.7 Å². The molecule has 1 unspecified atom stereocenters. The number of thiophene rings is 1. The van der Waals surface area contributed by atoms with E-state index in [4.69, 9.17) is 4.74 Å². The van der Waals surface area contributed by atoms with Crippen LogP contribution in [-0.2, 0) is 35.5 Å². The highest BCUT2D eigenvalue weighted by Gasteiger charge is 2.26. The second-order valence-electron chi connectivity index (χ2n) is 8.21. The molecule has 1 aliphatic carbocycles. The minimum absolute atomic E-state index is 0.227. The highest BCUT2D eigenvalue weighted by atomic mass is 32.1. The van der Waals surface area contributed by atoms with E-state index in [9.17, 15) is 14.4 Å². The van der Waals surface area contributed by atoms with Gasteiger partial charge in [-0.3, -0.25) is 14.2 Å². The molecule has 0 aromatic carbocycles. The zero-order chi connectivity index (χ0) is 20.5. The number of ether oxygens (including phenoxy) is 1. The Bertz CT molecular complexity index is 1030. The van der Waals surface area contributed by atoms with Crippen molar-refractivity contribution in [1.29, 1.82) is 0 Å². The van der Waals surface area contributed by atoms with Crippen molar-refractivity contribution in [3.63, 3.8) is 0 Å². The molecule has 1 saturated heterocycles. The third kappa shape index (κ3) is 3.92. The molecule has 2 aromatic rings. The number of hydrogen-bond acceptors (Lipinski definition) is 6. The summed E-state index contributed by atoms with van der Waals surface area (Å²) in [6.45, 7) is 7.27. The van der Waals surface area contributed by atoms with E-state index in [0.717, 1.165) is 53.9 Å². The van der Waals surface area contributed by atoms with Gasteiger partial charge in [-0.25, -0.2) is 9.36 Å². The maximum Gasteiger partial charge on any atom is 0.332 e. The van der Waals surface area contributed by atoms with Gasteiger partial charge in [0.25, 0.3) is 5.56 Å². The van der Waals surface area contributed by atoms with Gasteiger partial charge >= 0.3 is 11.7 Å². The molecule has 1 fully saturated rings. The average molecular weight is 420 g/mol. The van der Waals surface area contributed by atoms with Crippen LogP contribution in [0.1, 0.15) is 43.6 Å². The summed E-state index contributed by atoms with van der Waals surface area (Å²) in [4.78, 5) is 42.9. The largest absolute Gasteiger partial charge is 0.465 e. The number of carbonyl (C=O) groups excluding carboxylic acids is 1. The number of aryl methyl sites for hydroxylation is 1. The maximum atomic E-state index is 13.3. The van der Waals surface area contributed by atoms with Gasteiger partial charge in [0.15, 0.2) is 0 Å². The van der Waals surface area contributed by atoms with Gasteiger partial charge in [0.2, 0.25) is 0 Å². The van der Waals surface area contributed by atoms with E-state index in [1.807, 2.05) is 0 Å². The number of hydrogen-bond donors (Lipinski definition) is 0. The van der Waals surface area contributed by atoms with Gasteiger partial charge in [-0.05, 0) is 63.6 Å². The predicted molar refractivity (Wildman–Crippen MR) is 114 cm³/mol. The summed E-state index contributed by atoms with van der Waals surface area (Å²) in [5, 5.41) is 0.641. The second kappa shape index (κ2) is 8.44. The van der Waals surface area contributed by atoms with Crippen LogP contribution in [0, 0.1) is 5.92 Å². The molecule has 1 atom stereocenters. The van der Waals surface area contributed by atoms with Crippen LogP contribution in [0.2, 0.25) is 0 Å². The summed E-state index contributed by atoms with van der Waals surface area (Å²) in [5.41, 5.74) is 0.338. The molecule has 3 heterocycles. The summed E-state index contributed by atoms with van der Waals surface area (Å²) in [6, 6.07) is 0. The Hall–Kier alpha value is -1.93. The standard InChI is InChI=1S/C21H29N3O4S/c1-3-28-17(25)13-24-19(26)18-15-7-6-14(2)12-16(15)29-20(18)23(21(24)27)11-10-22-8-4-5-9-22/h14H,3-13H2,1-2H3. The monoisotopic (exact) mass is 419 g/mol. The smallest absolute Gasteiger partial charge is 0.332 e. The Kier molecular flexibility index (Phi) is 5.92. The molecule has 0 saturated carbocycles. The van der Waals surface area contributed by atoms with Gasteiger partial charge in [0, 0.05) is 18.0 Å². The third-order valence-corrected chi connectivity index (χ3v) is 7.37. The molecule has 1 aliphatic heterocycles. The van der Waals surface area contributed by atoms with Crippen molar-refractivity contribution in [3.05, 3.63) is 31.3 Å². The van der Waals surface area contributed by atoms with E-state index >= 15 is 0 Å². The van der Waals surface area contributed by atoms with Crippen LogP contribution in [0.15, 0.2) is 9.59 Å². The summed E-state index contributed by atoms with van der Waals surface area (Å²) in [7, 11) is 0. The van der Waals surface area contributed by atoms with Crippen molar-refractivity contribution in [3.8, 4) is 0 Å². The highest BCUT2D eigenvalue weighted by molar-refractivity contribution is 7.18. The Morgan fingerprint density at radius 2 is 1.93 bits per heavy atom. The van der Waals surface area contributed by atoms with Gasteiger partial charge < -0.3 is 9.64 Å². The molecule has 4 rings (SSSR count). The first-order valence-electron chi connectivity index (χ1n) is 10.7. The predicted octanol–water partition coefficient (Wildman–Crippen LogP) is 2.01. The van der Waals surface area contributed by atoms with Gasteiger partial charge in [-0.2, -0.15) is 0 Å². The third-order valence-electron chi connectivity index (χ3n) is 6.09. The summed E-state index contributed by atoms with van der Waals surface area (Å²) < 4.78 is 7.81. The Labute approximate surface area is 173 Å². The minimum atomic E-state index is -0.546. The fourth-order valence-electron chi connectivity index (χ4n) is 4.52. The van der Waals surface area contributed by atoms with Crippen LogP contribution in [0.3, 0.4) is 0 Å². The number of carbonyl (C=O) groups is 1. The first-order valence-corrected chi connectivity index (χ1v) is 11.5. The molecule has 0 amide bonds. The topological polar surface area (TPSA) is 73.5 Å². The van der Waals surface area contributed by atoms with Gasteiger partial charge in [0.1, 0.15) is 11.4 Å². The number of nitrogens with zero attached hydrogens (tertiary/aromatic N) is 3. The molecule has 0 spiro atoms. The molecular formula is C21H29N3O4S. The molecule has 0 N–H and O–H groups in total. The van der Waals surface area contributed by atoms with E-state index < -0.39 is 11.7 Å². The van der Waals surface area contributed by atoms with Crippen molar-refractivity contribution in [2.45, 2.75) is 59.0 Å². The lowest BCUT2D eigenvalue weighted by Crippen LogP contribution is -2.43. The molecule has 2 aromatic heterocycles. The first-order chi connectivity index (χ1) is 14.0. The number of likely N-dealkylation sites (tertiary alicyclic amines) is 1. The van der Waals surface area contributed by atoms with Crippen molar-refractivity contribution in [1.82, 2.24) is 14.0 Å². The SMILES string of the molecule is CCOC(=O)Cn1c(=O)c2c3c(sc2n(CCN2CCCC2)c1=O)CC(C)CC3. The minimum Gasteiger partial charge on any atom is -0.465 e. The Balaban J connectivity index is 1.82. The number of fused-ring (bicyclic) bond motifs is 3. The molecule has 0 bridgehead atoms. The van der Waals surface area contributed by atoms with Crippen molar-refractivity contribution in [2.24, 2.45) is 5.92 Å². The average Bonchev–Trinajstić information content (AvgIpc) is 3.32. The van der Waals surface area contributed by atoms with Crippen molar-refractivity contribution in [2.75, 3.05) is 26.2 Å². The first kappa shape index (κ1) is 20.3.